The number of hydrogen-bond donors (Lipinski definition) is 0. The molecule has 0 aliphatic rings. The SMILES string of the molecule is CCCCC[S@@](=O)Cc1ncc(Cl)cc1Cl. The first-order valence-corrected chi connectivity index (χ1v) is 7.52. The summed E-state index contributed by atoms with van der Waals surface area (Å²) in [5.74, 6) is 1.13. The Bertz CT molecular complexity index is 371. The number of hydrogen-bond acceptors (Lipinski definition) is 2. The third-order valence-electron chi connectivity index (χ3n) is 2.16. The van der Waals surface area contributed by atoms with Crippen LogP contribution in [0.5, 0.6) is 0 Å². The molecule has 0 aliphatic carbocycles. The molecule has 16 heavy (non-hydrogen) atoms. The lowest BCUT2D eigenvalue weighted by Crippen LogP contribution is -2.03. The molecule has 0 N–H and O–H groups in total. The molecule has 1 aromatic rings. The molecule has 0 saturated carbocycles. The Hall–Kier alpha value is -0.120. The normalized spacial score (nSPS) is 12.7. The predicted octanol–water partition coefficient (Wildman–Crippen LogP) is 3.83. The largest absolute Gasteiger partial charge is 0.259 e. The second-order valence-corrected chi connectivity index (χ2v) is 6.00. The van der Waals surface area contributed by atoms with Crippen LogP contribution in [0.15, 0.2) is 12.3 Å². The zero-order valence-electron chi connectivity index (χ0n) is 9.21. The van der Waals surface area contributed by atoms with E-state index in [2.05, 4.69) is 11.9 Å². The molecule has 0 spiro atoms. The van der Waals surface area contributed by atoms with Crippen LogP contribution < -0.4 is 0 Å². The van der Waals surface area contributed by atoms with E-state index in [1.807, 2.05) is 0 Å². The highest BCUT2D eigenvalue weighted by atomic mass is 35.5. The smallest absolute Gasteiger partial charge is 0.0715 e. The van der Waals surface area contributed by atoms with Crippen LogP contribution in [0.25, 0.3) is 0 Å². The fraction of sp³-hybridized carbons (Fsp3) is 0.545. The first-order valence-electron chi connectivity index (χ1n) is 5.28. The molecule has 0 saturated heterocycles. The maximum Gasteiger partial charge on any atom is 0.0715 e. The van der Waals surface area contributed by atoms with E-state index in [0.717, 1.165) is 19.3 Å². The predicted molar refractivity (Wildman–Crippen MR) is 70.5 cm³/mol. The molecule has 90 valence electrons. The number of aromatic nitrogens is 1. The third-order valence-corrected chi connectivity index (χ3v) is 4.03. The Balaban J connectivity index is 2.49. The molecule has 2 nitrogen and oxygen atoms in total. The van der Waals surface area contributed by atoms with Gasteiger partial charge in [-0.25, -0.2) is 0 Å². The van der Waals surface area contributed by atoms with E-state index in [-0.39, 0.29) is 0 Å². The highest BCUT2D eigenvalue weighted by molar-refractivity contribution is 7.84. The van der Waals surface area contributed by atoms with E-state index in [1.165, 1.54) is 6.20 Å². The summed E-state index contributed by atoms with van der Waals surface area (Å²) in [6.07, 6.45) is 4.78. The van der Waals surface area contributed by atoms with Crippen molar-refractivity contribution < 1.29 is 4.21 Å². The van der Waals surface area contributed by atoms with Crippen molar-refractivity contribution in [1.82, 2.24) is 4.98 Å². The Morgan fingerprint density at radius 2 is 2.12 bits per heavy atom. The number of nitrogens with zero attached hydrogens (tertiary/aromatic N) is 1. The van der Waals surface area contributed by atoms with Gasteiger partial charge in [0, 0.05) is 22.7 Å². The van der Waals surface area contributed by atoms with Crippen molar-refractivity contribution in [3.05, 3.63) is 28.0 Å². The Labute approximate surface area is 109 Å². The summed E-state index contributed by atoms with van der Waals surface area (Å²) in [6.45, 7) is 2.13. The van der Waals surface area contributed by atoms with E-state index < -0.39 is 10.8 Å². The van der Waals surface area contributed by atoms with Gasteiger partial charge in [0.25, 0.3) is 0 Å². The number of rotatable bonds is 6. The molecule has 5 heteroatoms. The molecule has 0 bridgehead atoms. The lowest BCUT2D eigenvalue weighted by atomic mass is 10.3. The van der Waals surface area contributed by atoms with Crippen molar-refractivity contribution in [2.24, 2.45) is 0 Å². The van der Waals surface area contributed by atoms with E-state index in [4.69, 9.17) is 23.2 Å². The standard InChI is InChI=1S/C11H15Cl2NOS/c1-2-3-4-5-16(15)8-11-10(13)6-9(12)7-14-11/h6-7H,2-5,8H2,1H3/t16-/m1/s1. The van der Waals surface area contributed by atoms with Crippen LogP contribution in [-0.2, 0) is 16.6 Å². The van der Waals surface area contributed by atoms with Gasteiger partial charge >= 0.3 is 0 Å². The van der Waals surface area contributed by atoms with Gasteiger partial charge in [-0.15, -0.1) is 0 Å². The molecular formula is C11H15Cl2NOS. The Morgan fingerprint density at radius 3 is 2.75 bits per heavy atom. The maximum absolute atomic E-state index is 11.7. The average molecular weight is 280 g/mol. The number of halogens is 2. The minimum absolute atomic E-state index is 0.416. The van der Waals surface area contributed by atoms with Crippen LogP contribution in [0, 0.1) is 0 Å². The number of pyridine rings is 1. The highest BCUT2D eigenvalue weighted by Crippen LogP contribution is 2.19. The molecule has 0 unspecified atom stereocenters. The molecule has 0 aromatic carbocycles. The topological polar surface area (TPSA) is 30.0 Å². The minimum Gasteiger partial charge on any atom is -0.259 e. The first kappa shape index (κ1) is 13.9. The maximum atomic E-state index is 11.7. The van der Waals surface area contributed by atoms with Crippen molar-refractivity contribution in [2.45, 2.75) is 31.9 Å². The van der Waals surface area contributed by atoms with E-state index in [9.17, 15) is 4.21 Å². The average Bonchev–Trinajstić information content (AvgIpc) is 2.23. The second kappa shape index (κ2) is 7.25. The van der Waals surface area contributed by atoms with Gasteiger partial charge in [0.05, 0.1) is 21.5 Å². The van der Waals surface area contributed by atoms with Gasteiger partial charge in [0.15, 0.2) is 0 Å². The molecule has 0 amide bonds. The fourth-order valence-corrected chi connectivity index (χ4v) is 3.02. The summed E-state index contributed by atoms with van der Waals surface area (Å²) in [7, 11) is -0.879. The van der Waals surface area contributed by atoms with Crippen LogP contribution >= 0.6 is 23.2 Å². The quantitative estimate of drug-likeness (QED) is 0.741. The fourth-order valence-electron chi connectivity index (χ4n) is 1.29. The lowest BCUT2D eigenvalue weighted by molar-refractivity contribution is 0.675. The molecule has 1 rings (SSSR count). The molecule has 1 heterocycles. The van der Waals surface area contributed by atoms with E-state index in [0.29, 0.717) is 27.2 Å². The summed E-state index contributed by atoms with van der Waals surface area (Å²) >= 11 is 11.7. The molecule has 1 aromatic heterocycles. The molecule has 0 aliphatic heterocycles. The number of unbranched alkanes of at least 4 members (excludes halogenated alkanes) is 2. The monoisotopic (exact) mass is 279 g/mol. The van der Waals surface area contributed by atoms with Crippen molar-refractivity contribution >= 4 is 34.0 Å². The molecule has 1 atom stereocenters. The zero-order valence-corrected chi connectivity index (χ0v) is 11.5. The van der Waals surface area contributed by atoms with Crippen molar-refractivity contribution in [3.63, 3.8) is 0 Å². The third kappa shape index (κ3) is 4.81. The molecule has 0 fully saturated rings. The van der Waals surface area contributed by atoms with Crippen LogP contribution in [0.4, 0.5) is 0 Å². The summed E-state index contributed by atoms with van der Waals surface area (Å²) in [6, 6.07) is 1.63. The van der Waals surface area contributed by atoms with Crippen LogP contribution in [-0.4, -0.2) is 14.9 Å². The van der Waals surface area contributed by atoms with Crippen LogP contribution in [0.1, 0.15) is 31.9 Å². The van der Waals surface area contributed by atoms with Crippen molar-refractivity contribution in [1.29, 1.82) is 0 Å². The van der Waals surface area contributed by atoms with Crippen LogP contribution in [0.2, 0.25) is 10.0 Å². The van der Waals surface area contributed by atoms with Crippen LogP contribution in [0.3, 0.4) is 0 Å². The Morgan fingerprint density at radius 1 is 1.38 bits per heavy atom. The van der Waals surface area contributed by atoms with Gasteiger partial charge in [-0.3, -0.25) is 9.19 Å². The van der Waals surface area contributed by atoms with Crippen molar-refractivity contribution in [3.8, 4) is 0 Å². The summed E-state index contributed by atoms with van der Waals surface area (Å²) in [5, 5.41) is 1.00. The Kier molecular flexibility index (Phi) is 6.32. The van der Waals surface area contributed by atoms with Gasteiger partial charge in [-0.2, -0.15) is 0 Å². The van der Waals surface area contributed by atoms with E-state index in [1.54, 1.807) is 6.07 Å². The summed E-state index contributed by atoms with van der Waals surface area (Å²) < 4.78 is 11.7. The van der Waals surface area contributed by atoms with Gasteiger partial charge in [0.2, 0.25) is 0 Å². The van der Waals surface area contributed by atoms with Crippen molar-refractivity contribution in [2.75, 3.05) is 5.75 Å². The summed E-state index contributed by atoms with van der Waals surface area (Å²) in [4.78, 5) is 4.09. The molecule has 0 radical (unpaired) electrons. The van der Waals surface area contributed by atoms with Gasteiger partial charge in [-0.05, 0) is 12.5 Å². The zero-order chi connectivity index (χ0) is 12.0. The van der Waals surface area contributed by atoms with Gasteiger partial charge in [-0.1, -0.05) is 43.0 Å². The van der Waals surface area contributed by atoms with Gasteiger partial charge in [0.1, 0.15) is 0 Å². The first-order chi connectivity index (χ1) is 7.63. The van der Waals surface area contributed by atoms with E-state index >= 15 is 0 Å². The minimum atomic E-state index is -0.879. The summed E-state index contributed by atoms with van der Waals surface area (Å²) in [5.41, 5.74) is 0.667. The molecular weight excluding hydrogens is 265 g/mol. The second-order valence-electron chi connectivity index (χ2n) is 3.58. The van der Waals surface area contributed by atoms with Gasteiger partial charge < -0.3 is 0 Å². The lowest BCUT2D eigenvalue weighted by Gasteiger charge is -2.04. The highest BCUT2D eigenvalue weighted by Gasteiger charge is 2.07.